The fraction of sp³-hybridized carbons (Fsp3) is 0.100. The van der Waals surface area contributed by atoms with Gasteiger partial charge in [0.2, 0.25) is 0 Å². The van der Waals surface area contributed by atoms with Crippen molar-refractivity contribution < 1.29 is 0 Å². The van der Waals surface area contributed by atoms with Crippen LogP contribution in [-0.4, -0.2) is 11.5 Å². The zero-order chi connectivity index (χ0) is 9.10. The van der Waals surface area contributed by atoms with Crippen molar-refractivity contribution in [1.82, 2.24) is 4.98 Å². The summed E-state index contributed by atoms with van der Waals surface area (Å²) in [6, 6.07) is 12.0. The predicted octanol–water partition coefficient (Wildman–Crippen LogP) is 2.10. The number of hydrogen-bond acceptors (Lipinski definition) is 2. The van der Waals surface area contributed by atoms with E-state index in [0.717, 1.165) is 16.7 Å². The highest BCUT2D eigenvalue weighted by molar-refractivity contribution is 5.83. The van der Waals surface area contributed by atoms with Gasteiger partial charge in [-0.3, -0.25) is 0 Å². The van der Waals surface area contributed by atoms with Gasteiger partial charge in [0, 0.05) is 10.9 Å². The first kappa shape index (κ1) is 7.69. The van der Waals surface area contributed by atoms with Crippen LogP contribution in [0.25, 0.3) is 10.9 Å². The molecule has 0 unspecified atom stereocenters. The Morgan fingerprint density at radius 3 is 3.00 bits per heavy atom. The molecule has 13 heavy (non-hydrogen) atoms. The van der Waals surface area contributed by atoms with Crippen LogP contribution in [0.4, 0.5) is 5.82 Å². The highest BCUT2D eigenvalue weighted by Crippen LogP contribution is 2.17. The number of aromatic amines is 1. The summed E-state index contributed by atoms with van der Waals surface area (Å²) in [5.41, 5.74) is 1.09. The van der Waals surface area contributed by atoms with Crippen molar-refractivity contribution in [1.29, 1.82) is 5.26 Å². The molecule has 0 aliphatic rings. The van der Waals surface area contributed by atoms with Gasteiger partial charge in [0.15, 0.2) is 0 Å². The van der Waals surface area contributed by atoms with Crippen LogP contribution in [0.3, 0.4) is 0 Å². The molecule has 0 saturated heterocycles. The Morgan fingerprint density at radius 2 is 2.23 bits per heavy atom. The smallest absolute Gasteiger partial charge is 0.105 e. The highest BCUT2D eigenvalue weighted by atomic mass is 15.0. The van der Waals surface area contributed by atoms with Gasteiger partial charge in [0.25, 0.3) is 0 Å². The molecule has 0 atom stereocenters. The molecule has 2 rings (SSSR count). The molecule has 0 bridgehead atoms. The fourth-order valence-corrected chi connectivity index (χ4v) is 1.30. The number of H-pyrrole nitrogens is 1. The lowest BCUT2D eigenvalue weighted by molar-refractivity contribution is 1.27. The summed E-state index contributed by atoms with van der Waals surface area (Å²) >= 11 is 0. The first-order valence-electron chi connectivity index (χ1n) is 4.09. The highest BCUT2D eigenvalue weighted by Gasteiger charge is 1.97. The molecule has 0 radical (unpaired) electrons. The third kappa shape index (κ3) is 1.47. The summed E-state index contributed by atoms with van der Waals surface area (Å²) in [6.07, 6.45) is 0. The van der Waals surface area contributed by atoms with Gasteiger partial charge in [-0.2, -0.15) is 5.26 Å². The van der Waals surface area contributed by atoms with Gasteiger partial charge >= 0.3 is 0 Å². The second kappa shape index (κ2) is 3.20. The van der Waals surface area contributed by atoms with Crippen LogP contribution in [0.15, 0.2) is 30.3 Å². The van der Waals surface area contributed by atoms with E-state index in [2.05, 4.69) is 10.3 Å². The molecule has 1 aromatic carbocycles. The molecule has 0 spiro atoms. The van der Waals surface area contributed by atoms with Gasteiger partial charge in [-0.1, -0.05) is 18.2 Å². The predicted molar refractivity (Wildman–Crippen MR) is 52.4 cm³/mol. The quantitative estimate of drug-likeness (QED) is 0.680. The number of hydrogen-bond donors (Lipinski definition) is 2. The number of benzene rings is 1. The maximum atomic E-state index is 8.38. The molecule has 3 heteroatoms. The molecule has 0 saturated carbocycles. The minimum Gasteiger partial charge on any atom is -0.359 e. The normalized spacial score (nSPS) is 9.77. The standard InChI is InChI=1S/C10H9N3/c11-5-6-12-10-7-8-3-1-2-4-9(8)13-10/h1-4,7,12-13H,6H2. The second-order valence-corrected chi connectivity index (χ2v) is 2.78. The van der Waals surface area contributed by atoms with Crippen LogP contribution < -0.4 is 5.32 Å². The molecule has 0 fully saturated rings. The van der Waals surface area contributed by atoms with E-state index in [9.17, 15) is 0 Å². The molecule has 0 aliphatic heterocycles. The monoisotopic (exact) mass is 171 g/mol. The van der Waals surface area contributed by atoms with Crippen LogP contribution in [0.2, 0.25) is 0 Å². The third-order valence-electron chi connectivity index (χ3n) is 1.89. The van der Waals surface area contributed by atoms with Crippen LogP contribution >= 0.6 is 0 Å². The lowest BCUT2D eigenvalue weighted by atomic mass is 10.2. The van der Waals surface area contributed by atoms with E-state index >= 15 is 0 Å². The minimum atomic E-state index is 0.326. The largest absolute Gasteiger partial charge is 0.359 e. The Morgan fingerprint density at radius 1 is 1.38 bits per heavy atom. The zero-order valence-electron chi connectivity index (χ0n) is 7.04. The topological polar surface area (TPSA) is 51.6 Å². The van der Waals surface area contributed by atoms with Crippen LogP contribution in [0.1, 0.15) is 0 Å². The maximum absolute atomic E-state index is 8.38. The Hall–Kier alpha value is -1.95. The Kier molecular flexibility index (Phi) is 1.89. The maximum Gasteiger partial charge on any atom is 0.105 e. The van der Waals surface area contributed by atoms with Gasteiger partial charge in [-0.05, 0) is 12.1 Å². The van der Waals surface area contributed by atoms with Crippen LogP contribution in [0.5, 0.6) is 0 Å². The van der Waals surface area contributed by atoms with Crippen LogP contribution in [0, 0.1) is 11.3 Å². The van der Waals surface area contributed by atoms with Crippen LogP contribution in [-0.2, 0) is 0 Å². The number of nitrogens with one attached hydrogen (secondary N) is 2. The summed E-state index contributed by atoms with van der Waals surface area (Å²) in [4.78, 5) is 3.17. The second-order valence-electron chi connectivity index (χ2n) is 2.78. The van der Waals surface area contributed by atoms with Crippen molar-refractivity contribution in [2.45, 2.75) is 0 Å². The number of nitrogens with zero attached hydrogens (tertiary/aromatic N) is 1. The lowest BCUT2D eigenvalue weighted by Gasteiger charge is -1.93. The number of aromatic nitrogens is 1. The first-order chi connectivity index (χ1) is 6.40. The average molecular weight is 171 g/mol. The first-order valence-corrected chi connectivity index (χ1v) is 4.09. The average Bonchev–Trinajstić information content (AvgIpc) is 2.57. The van der Waals surface area contributed by atoms with Crippen molar-refractivity contribution in [3.8, 4) is 6.07 Å². The Balaban J connectivity index is 2.34. The molecule has 0 amide bonds. The zero-order valence-corrected chi connectivity index (χ0v) is 7.04. The van der Waals surface area contributed by atoms with Crippen molar-refractivity contribution in [3.05, 3.63) is 30.3 Å². The summed E-state index contributed by atoms with van der Waals surface area (Å²) < 4.78 is 0. The molecule has 1 aromatic heterocycles. The molecule has 0 aliphatic carbocycles. The van der Waals surface area contributed by atoms with Gasteiger partial charge in [0.1, 0.15) is 12.4 Å². The van der Waals surface area contributed by atoms with E-state index in [1.807, 2.05) is 36.4 Å². The van der Waals surface area contributed by atoms with E-state index in [4.69, 9.17) is 5.26 Å². The van der Waals surface area contributed by atoms with Gasteiger partial charge in [0.05, 0.1) is 6.07 Å². The summed E-state index contributed by atoms with van der Waals surface area (Å²) in [7, 11) is 0. The SMILES string of the molecule is N#CCNc1cc2ccccc2[nH]1. The molecular weight excluding hydrogens is 162 g/mol. The van der Waals surface area contributed by atoms with Crippen molar-refractivity contribution in [2.75, 3.05) is 11.9 Å². The summed E-state index contributed by atoms with van der Waals surface area (Å²) in [5, 5.41) is 12.5. The molecule has 2 N–H and O–H groups in total. The molecular formula is C10H9N3. The van der Waals surface area contributed by atoms with Gasteiger partial charge in [-0.15, -0.1) is 0 Å². The summed E-state index contributed by atoms with van der Waals surface area (Å²) in [5.74, 6) is 0.891. The third-order valence-corrected chi connectivity index (χ3v) is 1.89. The van der Waals surface area contributed by atoms with Crippen molar-refractivity contribution in [3.63, 3.8) is 0 Å². The van der Waals surface area contributed by atoms with Crippen molar-refractivity contribution in [2.24, 2.45) is 0 Å². The van der Waals surface area contributed by atoms with E-state index in [1.54, 1.807) is 0 Å². The Labute approximate surface area is 76.0 Å². The van der Waals surface area contributed by atoms with E-state index < -0.39 is 0 Å². The fourth-order valence-electron chi connectivity index (χ4n) is 1.30. The lowest BCUT2D eigenvalue weighted by Crippen LogP contribution is -1.97. The number of rotatable bonds is 2. The molecule has 2 aromatic rings. The minimum absolute atomic E-state index is 0.326. The van der Waals surface area contributed by atoms with Crippen molar-refractivity contribution >= 4 is 16.7 Å². The summed E-state index contributed by atoms with van der Waals surface area (Å²) in [6.45, 7) is 0.326. The number of fused-ring (bicyclic) bond motifs is 1. The van der Waals surface area contributed by atoms with E-state index in [1.165, 1.54) is 0 Å². The number of para-hydroxylation sites is 1. The molecule has 3 nitrogen and oxygen atoms in total. The number of anilines is 1. The molecule has 64 valence electrons. The van der Waals surface area contributed by atoms with E-state index in [-0.39, 0.29) is 0 Å². The number of nitriles is 1. The molecule has 1 heterocycles. The van der Waals surface area contributed by atoms with Gasteiger partial charge < -0.3 is 10.3 Å². The van der Waals surface area contributed by atoms with E-state index in [0.29, 0.717) is 6.54 Å². The Bertz CT molecular complexity index is 417. The van der Waals surface area contributed by atoms with Gasteiger partial charge in [-0.25, -0.2) is 0 Å².